The van der Waals surface area contributed by atoms with Gasteiger partial charge in [-0.25, -0.2) is 9.18 Å². The fourth-order valence-electron chi connectivity index (χ4n) is 1.44. The van der Waals surface area contributed by atoms with Crippen molar-refractivity contribution in [3.8, 4) is 0 Å². The number of nitrogens with one attached hydrogen (secondary N) is 1. The molecule has 2 atom stereocenters. The monoisotopic (exact) mass is 321 g/mol. The summed E-state index contributed by atoms with van der Waals surface area (Å²) in [5.41, 5.74) is -4.52. The van der Waals surface area contributed by atoms with E-state index in [9.17, 15) is 27.2 Å². The van der Waals surface area contributed by atoms with Crippen LogP contribution in [0.15, 0.2) is 0 Å². The summed E-state index contributed by atoms with van der Waals surface area (Å²) in [5, 5.41) is 0.974. The molecule has 1 N–H and O–H groups in total. The zero-order chi connectivity index (χ0) is 13.5. The van der Waals surface area contributed by atoms with Crippen LogP contribution >= 0.6 is 15.9 Å². The van der Waals surface area contributed by atoms with Gasteiger partial charge in [0.1, 0.15) is 0 Å². The first-order valence-electron chi connectivity index (χ1n) is 4.35. The Bertz CT molecular complexity index is 361. The van der Waals surface area contributed by atoms with E-state index in [4.69, 9.17) is 0 Å². The van der Waals surface area contributed by atoms with Crippen LogP contribution in [0.3, 0.4) is 0 Å². The number of methoxy groups -OCH3 is 1. The van der Waals surface area contributed by atoms with Gasteiger partial charge in [0.15, 0.2) is 11.2 Å². The lowest BCUT2D eigenvalue weighted by atomic mass is 10.2. The van der Waals surface area contributed by atoms with Crippen LogP contribution in [0.2, 0.25) is 0 Å². The van der Waals surface area contributed by atoms with Crippen molar-refractivity contribution in [1.82, 2.24) is 5.32 Å². The van der Waals surface area contributed by atoms with Gasteiger partial charge in [-0.15, -0.1) is 0 Å². The molecule has 0 aromatic heterocycles. The van der Waals surface area contributed by atoms with E-state index in [1.807, 2.05) is 0 Å². The summed E-state index contributed by atoms with van der Waals surface area (Å²) in [6.07, 6.45) is -5.74. The van der Waals surface area contributed by atoms with Crippen LogP contribution in [0.5, 0.6) is 0 Å². The predicted octanol–water partition coefficient (Wildman–Crippen LogP) is 1.08. The summed E-state index contributed by atoms with van der Waals surface area (Å²) in [6.45, 7) is 0. The summed E-state index contributed by atoms with van der Waals surface area (Å²) in [6, 6.07) is 0. The molecular formula is C8H8BrF4NO3. The van der Waals surface area contributed by atoms with Crippen molar-refractivity contribution >= 4 is 27.8 Å². The quantitative estimate of drug-likeness (QED) is 0.481. The van der Waals surface area contributed by atoms with Gasteiger partial charge in [-0.2, -0.15) is 13.2 Å². The molecule has 0 radical (unpaired) electrons. The highest BCUT2D eigenvalue weighted by Gasteiger charge is 2.76. The number of alkyl halides is 5. The lowest BCUT2D eigenvalue weighted by Gasteiger charge is -2.19. The van der Waals surface area contributed by atoms with Crippen molar-refractivity contribution < 1.29 is 31.9 Å². The molecule has 17 heavy (non-hydrogen) atoms. The lowest BCUT2D eigenvalue weighted by Crippen LogP contribution is -2.53. The Hall–Kier alpha value is -0.860. The third-order valence-electron chi connectivity index (χ3n) is 2.52. The van der Waals surface area contributed by atoms with Gasteiger partial charge in [-0.3, -0.25) is 4.79 Å². The maximum absolute atomic E-state index is 13.8. The SMILES string of the molecule is COC(=O)C1(NC(=O)C(F)(F)F)CC1(F)CBr. The minimum atomic E-state index is -5.18. The van der Waals surface area contributed by atoms with Crippen LogP contribution in [0.1, 0.15) is 6.42 Å². The summed E-state index contributed by atoms with van der Waals surface area (Å²) in [7, 11) is 0.900. The number of halogens is 5. The number of carbonyl (C=O) groups excluding carboxylic acids is 2. The van der Waals surface area contributed by atoms with Crippen molar-refractivity contribution in [1.29, 1.82) is 0 Å². The van der Waals surface area contributed by atoms with Crippen molar-refractivity contribution in [2.24, 2.45) is 0 Å². The van der Waals surface area contributed by atoms with Crippen LogP contribution < -0.4 is 5.32 Å². The zero-order valence-corrected chi connectivity index (χ0v) is 10.1. The van der Waals surface area contributed by atoms with Crippen LogP contribution in [-0.4, -0.2) is 41.7 Å². The summed E-state index contributed by atoms with van der Waals surface area (Å²) in [4.78, 5) is 22.0. The van der Waals surface area contributed by atoms with Gasteiger partial charge in [-0.1, -0.05) is 15.9 Å². The summed E-state index contributed by atoms with van der Waals surface area (Å²) >= 11 is 2.73. The van der Waals surface area contributed by atoms with Crippen LogP contribution in [0, 0.1) is 0 Å². The van der Waals surface area contributed by atoms with E-state index in [0.717, 1.165) is 7.11 Å². The first kappa shape index (κ1) is 14.2. The summed E-state index contributed by atoms with van der Waals surface area (Å²) < 4.78 is 54.1. The van der Waals surface area contributed by atoms with Gasteiger partial charge >= 0.3 is 18.1 Å². The second-order valence-corrected chi connectivity index (χ2v) is 4.19. The fraction of sp³-hybridized carbons (Fsp3) is 0.750. The van der Waals surface area contributed by atoms with Crippen molar-refractivity contribution in [2.45, 2.75) is 23.8 Å². The molecule has 1 aliphatic rings. The highest BCUT2D eigenvalue weighted by molar-refractivity contribution is 9.09. The van der Waals surface area contributed by atoms with Gasteiger partial charge in [0, 0.05) is 11.8 Å². The molecule has 98 valence electrons. The van der Waals surface area contributed by atoms with Crippen LogP contribution in [0.4, 0.5) is 17.6 Å². The fourth-order valence-corrected chi connectivity index (χ4v) is 2.12. The molecule has 1 amide bonds. The molecule has 0 aromatic rings. The van der Waals surface area contributed by atoms with Crippen LogP contribution in [-0.2, 0) is 14.3 Å². The number of hydrogen-bond acceptors (Lipinski definition) is 3. The molecule has 9 heteroatoms. The molecule has 0 aliphatic heterocycles. The molecule has 2 unspecified atom stereocenters. The van der Waals surface area contributed by atoms with Crippen molar-refractivity contribution in [3.63, 3.8) is 0 Å². The minimum absolute atomic E-state index is 0.382. The average Bonchev–Trinajstić information content (AvgIpc) is 2.83. The predicted molar refractivity (Wildman–Crippen MR) is 51.2 cm³/mol. The second kappa shape index (κ2) is 4.11. The minimum Gasteiger partial charge on any atom is -0.467 e. The molecule has 1 fully saturated rings. The second-order valence-electron chi connectivity index (χ2n) is 3.62. The highest BCUT2D eigenvalue weighted by Crippen LogP contribution is 2.53. The maximum atomic E-state index is 13.8. The molecule has 0 spiro atoms. The van der Waals surface area contributed by atoms with E-state index in [1.165, 1.54) is 5.32 Å². The zero-order valence-electron chi connectivity index (χ0n) is 8.53. The Morgan fingerprint density at radius 3 is 2.29 bits per heavy atom. The average molecular weight is 322 g/mol. The van der Waals surface area contributed by atoms with E-state index in [2.05, 4.69) is 20.7 Å². The van der Waals surface area contributed by atoms with E-state index < -0.39 is 35.7 Å². The molecule has 0 saturated heterocycles. The standard InChI is InChI=1S/C8H8BrF4NO3/c1-17-5(16)7(2-6(7,10)3-9)14-4(15)8(11,12)13/h2-3H2,1H3,(H,14,15). The molecule has 1 saturated carbocycles. The topological polar surface area (TPSA) is 55.4 Å². The van der Waals surface area contributed by atoms with Gasteiger partial charge in [0.05, 0.1) is 7.11 Å². The third-order valence-corrected chi connectivity index (χ3v) is 3.40. The number of rotatable bonds is 3. The van der Waals surface area contributed by atoms with Gasteiger partial charge in [0.25, 0.3) is 0 Å². The Morgan fingerprint density at radius 2 is 2.00 bits per heavy atom. The number of esters is 1. The number of hydrogen-bond donors (Lipinski definition) is 1. The van der Waals surface area contributed by atoms with E-state index >= 15 is 0 Å². The molecule has 1 aliphatic carbocycles. The lowest BCUT2D eigenvalue weighted by molar-refractivity contribution is -0.176. The number of ether oxygens (including phenoxy) is 1. The molecule has 0 bridgehead atoms. The number of amides is 1. The van der Waals surface area contributed by atoms with Crippen molar-refractivity contribution in [3.05, 3.63) is 0 Å². The number of carbonyl (C=O) groups is 2. The Morgan fingerprint density at radius 1 is 1.47 bits per heavy atom. The smallest absolute Gasteiger partial charge is 0.467 e. The van der Waals surface area contributed by atoms with E-state index in [1.54, 1.807) is 0 Å². The largest absolute Gasteiger partial charge is 0.471 e. The van der Waals surface area contributed by atoms with Gasteiger partial charge < -0.3 is 10.1 Å². The van der Waals surface area contributed by atoms with E-state index in [0.29, 0.717) is 0 Å². The summed E-state index contributed by atoms with van der Waals surface area (Å²) in [5.74, 6) is -3.61. The van der Waals surface area contributed by atoms with Gasteiger partial charge in [0.2, 0.25) is 0 Å². The normalized spacial score (nSPS) is 31.9. The third kappa shape index (κ3) is 2.24. The highest BCUT2D eigenvalue weighted by atomic mass is 79.9. The molecule has 0 heterocycles. The Labute approximate surface area is 102 Å². The molecular weight excluding hydrogens is 314 g/mol. The maximum Gasteiger partial charge on any atom is 0.471 e. The first-order chi connectivity index (χ1) is 7.63. The Balaban J connectivity index is 2.91. The van der Waals surface area contributed by atoms with E-state index in [-0.39, 0.29) is 5.33 Å². The molecule has 0 aromatic carbocycles. The van der Waals surface area contributed by atoms with Crippen LogP contribution in [0.25, 0.3) is 0 Å². The van der Waals surface area contributed by atoms with Crippen molar-refractivity contribution in [2.75, 3.05) is 12.4 Å². The molecule has 1 rings (SSSR count). The first-order valence-corrected chi connectivity index (χ1v) is 5.48. The molecule has 4 nitrogen and oxygen atoms in total. The van der Waals surface area contributed by atoms with Gasteiger partial charge in [-0.05, 0) is 0 Å². The Kier molecular flexibility index (Phi) is 3.43.